The molecule has 0 bridgehead atoms. The molecule has 0 atom stereocenters. The van der Waals surface area contributed by atoms with E-state index in [2.05, 4.69) is 37.7 Å². The zero-order valence-corrected chi connectivity index (χ0v) is 25.5. The number of imidazole rings is 1. The number of rotatable bonds is 8. The van der Waals surface area contributed by atoms with Crippen LogP contribution in [0.15, 0.2) is 66.9 Å². The zero-order valence-electron chi connectivity index (χ0n) is 25.5. The number of nitrogens with zero attached hydrogens (tertiary/aromatic N) is 3. The number of nitrogens with one attached hydrogen (secondary N) is 4. The van der Waals surface area contributed by atoms with E-state index in [0.717, 1.165) is 37.0 Å². The minimum Gasteiger partial charge on any atom is -0.355 e. The van der Waals surface area contributed by atoms with Crippen molar-refractivity contribution < 1.29 is 22.8 Å². The Labute approximate surface area is 264 Å². The standard InChI is InChI=1S/C34H34F3N7O2/c1-3-43-11-13-44(14-12-43)20-23-8-7-22(15-29(23)34(35,36)37)32(45)41-25-6-4-5-24(16-25)40-26-9-10-27-28(33(46)42-30(27)17-26)18-31-38-19-21(2)39-31/h4-10,15-19,40H,3,11-14,20H2,1-2H3,(H,38,39)(H,41,45)(H,42,46)/b28-18-. The number of alkyl halides is 3. The number of aromatic amines is 1. The molecule has 0 unspecified atom stereocenters. The summed E-state index contributed by atoms with van der Waals surface area (Å²) < 4.78 is 42.2. The molecule has 9 nitrogen and oxygen atoms in total. The highest BCUT2D eigenvalue weighted by Gasteiger charge is 2.35. The molecule has 0 saturated carbocycles. The first-order valence-electron chi connectivity index (χ1n) is 15.1. The zero-order chi connectivity index (χ0) is 32.4. The molecule has 12 heteroatoms. The third-order valence-corrected chi connectivity index (χ3v) is 8.20. The van der Waals surface area contributed by atoms with Gasteiger partial charge in [0.05, 0.1) is 16.8 Å². The molecule has 2 aliphatic heterocycles. The Morgan fingerprint density at radius 2 is 1.72 bits per heavy atom. The number of anilines is 4. The first-order valence-corrected chi connectivity index (χ1v) is 15.1. The molecule has 0 aliphatic carbocycles. The van der Waals surface area contributed by atoms with Crippen LogP contribution >= 0.6 is 0 Å². The van der Waals surface area contributed by atoms with E-state index in [9.17, 15) is 22.8 Å². The fraction of sp³-hybridized carbons (Fsp3) is 0.265. The SMILES string of the molecule is CCN1CCN(Cc2ccc(C(=O)Nc3cccc(Nc4ccc5c(c4)NC(=O)/C5=C\c4ncc(C)[nH]4)c3)cc2C(F)(F)F)CC1. The highest BCUT2D eigenvalue weighted by Crippen LogP contribution is 2.36. The van der Waals surface area contributed by atoms with Crippen LogP contribution in [0.25, 0.3) is 11.6 Å². The van der Waals surface area contributed by atoms with Crippen LogP contribution in [0.4, 0.5) is 35.9 Å². The molecule has 4 N–H and O–H groups in total. The number of halogens is 3. The van der Waals surface area contributed by atoms with Gasteiger partial charge >= 0.3 is 6.18 Å². The first kappa shape index (κ1) is 31.1. The summed E-state index contributed by atoms with van der Waals surface area (Å²) in [4.78, 5) is 37.3. The molecule has 4 aromatic rings. The summed E-state index contributed by atoms with van der Waals surface area (Å²) in [7, 11) is 0. The second kappa shape index (κ2) is 12.8. The van der Waals surface area contributed by atoms with Crippen molar-refractivity contribution in [1.82, 2.24) is 19.8 Å². The van der Waals surface area contributed by atoms with E-state index in [0.29, 0.717) is 47.2 Å². The lowest BCUT2D eigenvalue weighted by molar-refractivity contribution is -0.138. The summed E-state index contributed by atoms with van der Waals surface area (Å²) in [6.07, 6.45) is -1.20. The molecule has 1 fully saturated rings. The monoisotopic (exact) mass is 629 g/mol. The van der Waals surface area contributed by atoms with Gasteiger partial charge < -0.3 is 25.8 Å². The predicted octanol–water partition coefficient (Wildman–Crippen LogP) is 6.36. The Morgan fingerprint density at radius 3 is 2.43 bits per heavy atom. The number of likely N-dealkylation sites (N-methyl/N-ethyl adjacent to an activating group) is 1. The number of amides is 2. The maximum atomic E-state index is 14.1. The predicted molar refractivity (Wildman–Crippen MR) is 173 cm³/mol. The number of piperazine rings is 1. The Hall–Kier alpha value is -4.94. The fourth-order valence-electron chi connectivity index (χ4n) is 5.73. The van der Waals surface area contributed by atoms with E-state index < -0.39 is 17.6 Å². The summed E-state index contributed by atoms with van der Waals surface area (Å²) in [6, 6.07) is 16.1. The van der Waals surface area contributed by atoms with Crippen LogP contribution in [-0.4, -0.2) is 64.3 Å². The lowest BCUT2D eigenvalue weighted by atomic mass is 10.0. The normalized spacial score (nSPS) is 16.4. The average molecular weight is 630 g/mol. The van der Waals surface area contributed by atoms with Gasteiger partial charge in [-0.2, -0.15) is 13.2 Å². The van der Waals surface area contributed by atoms with Gasteiger partial charge in [0.15, 0.2) is 0 Å². The topological polar surface area (TPSA) is 105 Å². The molecular formula is C34H34F3N7O2. The number of H-pyrrole nitrogens is 1. The fourth-order valence-corrected chi connectivity index (χ4v) is 5.73. The number of carbonyl (C=O) groups is 2. The summed E-state index contributed by atoms with van der Waals surface area (Å²) in [5.41, 5.74) is 3.80. The molecule has 3 aromatic carbocycles. The van der Waals surface area contributed by atoms with Crippen molar-refractivity contribution in [1.29, 1.82) is 0 Å². The number of hydrogen-bond donors (Lipinski definition) is 4. The lowest BCUT2D eigenvalue weighted by Crippen LogP contribution is -2.45. The van der Waals surface area contributed by atoms with E-state index in [1.807, 2.05) is 24.0 Å². The number of benzene rings is 3. The van der Waals surface area contributed by atoms with E-state index in [1.54, 1.807) is 42.6 Å². The number of fused-ring (bicyclic) bond motifs is 1. The van der Waals surface area contributed by atoms with Gasteiger partial charge in [-0.25, -0.2) is 4.98 Å². The Bertz CT molecular complexity index is 1810. The van der Waals surface area contributed by atoms with E-state index in [4.69, 9.17) is 0 Å². The summed E-state index contributed by atoms with van der Waals surface area (Å²) >= 11 is 0. The van der Waals surface area contributed by atoms with Crippen LogP contribution in [0, 0.1) is 6.92 Å². The highest BCUT2D eigenvalue weighted by molar-refractivity contribution is 6.34. The van der Waals surface area contributed by atoms with Crippen LogP contribution in [0.2, 0.25) is 0 Å². The van der Waals surface area contributed by atoms with Crippen LogP contribution in [0.3, 0.4) is 0 Å². The van der Waals surface area contributed by atoms with E-state index in [1.165, 1.54) is 12.1 Å². The molecule has 2 amide bonds. The minimum absolute atomic E-state index is 0.0758. The Kier molecular flexibility index (Phi) is 8.65. The minimum atomic E-state index is -4.59. The average Bonchev–Trinajstić information content (AvgIpc) is 3.58. The van der Waals surface area contributed by atoms with Crippen LogP contribution in [0.1, 0.15) is 45.5 Å². The van der Waals surface area contributed by atoms with Gasteiger partial charge in [0.1, 0.15) is 5.82 Å². The molecule has 3 heterocycles. The van der Waals surface area contributed by atoms with Crippen molar-refractivity contribution >= 4 is 46.2 Å². The molecule has 0 radical (unpaired) electrons. The van der Waals surface area contributed by atoms with Gasteiger partial charge in [-0.15, -0.1) is 0 Å². The summed E-state index contributed by atoms with van der Waals surface area (Å²) in [6.45, 7) is 8.08. The van der Waals surface area contributed by atoms with Gasteiger partial charge in [0.2, 0.25) is 0 Å². The molecule has 2 aliphatic rings. The Balaban J connectivity index is 1.14. The molecule has 46 heavy (non-hydrogen) atoms. The van der Waals surface area contributed by atoms with Crippen molar-refractivity contribution in [3.63, 3.8) is 0 Å². The van der Waals surface area contributed by atoms with Crippen LogP contribution in [0.5, 0.6) is 0 Å². The van der Waals surface area contributed by atoms with Crippen molar-refractivity contribution in [2.45, 2.75) is 26.6 Å². The molecule has 6 rings (SSSR count). The van der Waals surface area contributed by atoms with Crippen molar-refractivity contribution in [2.75, 3.05) is 48.7 Å². The maximum absolute atomic E-state index is 14.1. The quantitative estimate of drug-likeness (QED) is 0.169. The summed E-state index contributed by atoms with van der Waals surface area (Å²) in [5.74, 6) is -0.289. The van der Waals surface area contributed by atoms with Gasteiger partial charge in [0, 0.05) is 72.8 Å². The van der Waals surface area contributed by atoms with Gasteiger partial charge in [-0.3, -0.25) is 14.5 Å². The number of aromatic nitrogens is 2. The van der Waals surface area contributed by atoms with Crippen LogP contribution < -0.4 is 16.0 Å². The highest BCUT2D eigenvalue weighted by atomic mass is 19.4. The van der Waals surface area contributed by atoms with E-state index >= 15 is 0 Å². The molecule has 1 saturated heterocycles. The third kappa shape index (κ3) is 6.98. The van der Waals surface area contributed by atoms with Gasteiger partial charge in [-0.1, -0.05) is 25.1 Å². The number of carbonyl (C=O) groups excluding carboxylic acids is 2. The molecule has 238 valence electrons. The third-order valence-electron chi connectivity index (χ3n) is 8.20. The largest absolute Gasteiger partial charge is 0.416 e. The van der Waals surface area contributed by atoms with Gasteiger partial charge in [-0.05, 0) is 67.6 Å². The van der Waals surface area contributed by atoms with Crippen LogP contribution in [-0.2, 0) is 17.5 Å². The van der Waals surface area contributed by atoms with Crippen molar-refractivity contribution in [3.05, 3.63) is 101 Å². The molecule has 1 aromatic heterocycles. The Morgan fingerprint density at radius 1 is 0.978 bits per heavy atom. The summed E-state index contributed by atoms with van der Waals surface area (Å²) in [5, 5.41) is 8.84. The first-order chi connectivity index (χ1) is 22.1. The smallest absolute Gasteiger partial charge is 0.355 e. The molecule has 0 spiro atoms. The molecular weight excluding hydrogens is 595 g/mol. The lowest BCUT2D eigenvalue weighted by Gasteiger charge is -2.34. The number of hydrogen-bond acceptors (Lipinski definition) is 6. The number of aryl methyl sites for hydroxylation is 1. The second-order valence-electron chi connectivity index (χ2n) is 11.5. The van der Waals surface area contributed by atoms with E-state index in [-0.39, 0.29) is 23.6 Å². The van der Waals surface area contributed by atoms with Crippen molar-refractivity contribution in [3.8, 4) is 0 Å². The maximum Gasteiger partial charge on any atom is 0.416 e. The van der Waals surface area contributed by atoms with Crippen molar-refractivity contribution in [2.24, 2.45) is 0 Å². The van der Waals surface area contributed by atoms with Gasteiger partial charge in [0.25, 0.3) is 11.8 Å². The second-order valence-corrected chi connectivity index (χ2v) is 11.5.